The first kappa shape index (κ1) is 12.5. The molecule has 15 heavy (non-hydrogen) atoms. The molecule has 0 aliphatic heterocycles. The van der Waals surface area contributed by atoms with Crippen molar-refractivity contribution in [1.29, 1.82) is 0 Å². The first-order valence-corrected chi connectivity index (χ1v) is 6.02. The lowest BCUT2D eigenvalue weighted by Crippen LogP contribution is -2.20. The van der Waals surface area contributed by atoms with Gasteiger partial charge < -0.3 is 15.2 Å². The van der Waals surface area contributed by atoms with Crippen LogP contribution in [-0.2, 0) is 6.54 Å². The molecule has 0 aliphatic carbocycles. The van der Waals surface area contributed by atoms with E-state index in [1.54, 1.807) is 18.4 Å². The molecule has 0 bridgehead atoms. The van der Waals surface area contributed by atoms with Crippen molar-refractivity contribution < 1.29 is 9.84 Å². The molecule has 0 amide bonds. The average Bonchev–Trinajstić information content (AvgIpc) is 2.66. The maximum atomic E-state index is 8.75. The minimum absolute atomic E-state index is 0.273. The van der Waals surface area contributed by atoms with Crippen molar-refractivity contribution in [3.05, 3.63) is 17.0 Å². The first-order chi connectivity index (χ1) is 7.26. The lowest BCUT2D eigenvalue weighted by atomic mass is 10.1. The smallest absolute Gasteiger partial charge is 0.173 e. The van der Waals surface area contributed by atoms with Gasteiger partial charge in [0.1, 0.15) is 0 Å². The van der Waals surface area contributed by atoms with Gasteiger partial charge in [0.05, 0.1) is 7.11 Å². The maximum absolute atomic E-state index is 8.75. The highest BCUT2D eigenvalue weighted by atomic mass is 32.1. The summed E-state index contributed by atoms with van der Waals surface area (Å²) in [5.74, 6) is 0.525. The lowest BCUT2D eigenvalue weighted by molar-refractivity contribution is 0.260. The predicted octanol–water partition coefficient (Wildman–Crippen LogP) is 1.86. The highest BCUT2D eigenvalue weighted by molar-refractivity contribution is 7.13. The minimum Gasteiger partial charge on any atom is -0.487 e. The summed E-state index contributed by atoms with van der Waals surface area (Å²) in [6, 6.07) is 4.06. The summed E-state index contributed by atoms with van der Waals surface area (Å²) >= 11 is 1.66. The van der Waals surface area contributed by atoms with Crippen molar-refractivity contribution in [2.75, 3.05) is 20.3 Å². The van der Waals surface area contributed by atoms with Gasteiger partial charge in [-0.1, -0.05) is 6.92 Å². The van der Waals surface area contributed by atoms with Crippen LogP contribution in [0.5, 0.6) is 5.06 Å². The second kappa shape index (κ2) is 6.82. The first-order valence-electron chi connectivity index (χ1n) is 5.20. The fourth-order valence-electron chi connectivity index (χ4n) is 1.33. The molecule has 0 aromatic carbocycles. The number of thiophene rings is 1. The lowest BCUT2D eigenvalue weighted by Gasteiger charge is -2.09. The Balaban J connectivity index is 2.19. The Bertz CT molecular complexity index is 275. The van der Waals surface area contributed by atoms with Crippen LogP contribution in [0.1, 0.15) is 18.2 Å². The van der Waals surface area contributed by atoms with E-state index in [1.165, 1.54) is 4.88 Å². The summed E-state index contributed by atoms with van der Waals surface area (Å²) < 4.78 is 5.12. The van der Waals surface area contributed by atoms with Gasteiger partial charge in [0, 0.05) is 18.0 Å². The van der Waals surface area contributed by atoms with Crippen LogP contribution in [0.15, 0.2) is 12.1 Å². The van der Waals surface area contributed by atoms with Crippen molar-refractivity contribution in [3.8, 4) is 5.06 Å². The zero-order valence-electron chi connectivity index (χ0n) is 9.32. The molecule has 1 atom stereocenters. The maximum Gasteiger partial charge on any atom is 0.173 e. The molecule has 0 fully saturated rings. The van der Waals surface area contributed by atoms with Gasteiger partial charge in [-0.2, -0.15) is 0 Å². The van der Waals surface area contributed by atoms with Gasteiger partial charge >= 0.3 is 0 Å². The third-order valence-corrected chi connectivity index (χ3v) is 3.30. The van der Waals surface area contributed by atoms with Crippen LogP contribution in [0.25, 0.3) is 0 Å². The average molecular weight is 229 g/mol. The molecule has 0 aliphatic rings. The third-order valence-electron chi connectivity index (χ3n) is 2.25. The third kappa shape index (κ3) is 4.64. The monoisotopic (exact) mass is 229 g/mol. The Morgan fingerprint density at radius 2 is 2.33 bits per heavy atom. The molecule has 1 aromatic heterocycles. The number of nitrogens with one attached hydrogen (secondary N) is 1. The number of methoxy groups -OCH3 is 1. The van der Waals surface area contributed by atoms with E-state index in [2.05, 4.69) is 18.3 Å². The zero-order valence-corrected chi connectivity index (χ0v) is 10.1. The summed E-state index contributed by atoms with van der Waals surface area (Å²) in [5.41, 5.74) is 0. The van der Waals surface area contributed by atoms with E-state index in [9.17, 15) is 0 Å². The van der Waals surface area contributed by atoms with Crippen LogP contribution < -0.4 is 10.1 Å². The number of rotatable bonds is 7. The van der Waals surface area contributed by atoms with Crippen molar-refractivity contribution in [1.82, 2.24) is 5.32 Å². The normalized spacial score (nSPS) is 12.7. The molecule has 3 nitrogen and oxygen atoms in total. The summed E-state index contributed by atoms with van der Waals surface area (Å²) in [5, 5.41) is 13.1. The van der Waals surface area contributed by atoms with E-state index in [0.29, 0.717) is 5.92 Å². The predicted molar refractivity (Wildman–Crippen MR) is 63.4 cm³/mol. The van der Waals surface area contributed by atoms with Crippen molar-refractivity contribution >= 4 is 11.3 Å². The molecular weight excluding hydrogens is 210 g/mol. The second-order valence-corrected chi connectivity index (χ2v) is 4.80. The van der Waals surface area contributed by atoms with Gasteiger partial charge in [0.15, 0.2) is 5.06 Å². The van der Waals surface area contributed by atoms with Gasteiger partial charge in [-0.15, -0.1) is 11.3 Å². The highest BCUT2D eigenvalue weighted by Gasteiger charge is 2.02. The largest absolute Gasteiger partial charge is 0.487 e. The standard InChI is InChI=1S/C11H19NO2S/c1-9(5-6-13)7-12-8-10-3-4-11(14-2)15-10/h3-4,9,12-13H,5-8H2,1-2H3. The molecule has 1 rings (SSSR count). The minimum atomic E-state index is 0.273. The Morgan fingerprint density at radius 1 is 1.53 bits per heavy atom. The van der Waals surface area contributed by atoms with Crippen molar-refractivity contribution in [2.24, 2.45) is 5.92 Å². The summed E-state index contributed by atoms with van der Waals surface area (Å²) in [4.78, 5) is 1.28. The van der Waals surface area contributed by atoms with E-state index >= 15 is 0 Å². The molecular formula is C11H19NO2S. The van der Waals surface area contributed by atoms with Crippen LogP contribution in [0.3, 0.4) is 0 Å². The second-order valence-electron chi connectivity index (χ2n) is 3.67. The van der Waals surface area contributed by atoms with E-state index in [-0.39, 0.29) is 6.61 Å². The van der Waals surface area contributed by atoms with Crippen LogP contribution in [0, 0.1) is 5.92 Å². The van der Waals surface area contributed by atoms with Crippen LogP contribution in [0.4, 0.5) is 0 Å². The molecule has 86 valence electrons. The van der Waals surface area contributed by atoms with E-state index in [4.69, 9.17) is 9.84 Å². The fraction of sp³-hybridized carbons (Fsp3) is 0.636. The molecule has 1 heterocycles. The number of hydrogen-bond donors (Lipinski definition) is 2. The zero-order chi connectivity index (χ0) is 11.1. The molecule has 1 aromatic rings. The van der Waals surface area contributed by atoms with Gasteiger partial charge in [-0.3, -0.25) is 0 Å². The summed E-state index contributed by atoms with van der Waals surface area (Å²) in [6.45, 7) is 4.23. The number of aliphatic hydroxyl groups excluding tert-OH is 1. The van der Waals surface area contributed by atoms with Crippen LogP contribution in [-0.4, -0.2) is 25.4 Å². The highest BCUT2D eigenvalue weighted by Crippen LogP contribution is 2.23. The van der Waals surface area contributed by atoms with E-state index < -0.39 is 0 Å². The number of ether oxygens (including phenoxy) is 1. The van der Waals surface area contributed by atoms with Crippen LogP contribution in [0.2, 0.25) is 0 Å². The Labute approximate surface area is 95.1 Å². The molecule has 0 saturated heterocycles. The molecule has 4 heteroatoms. The fourth-order valence-corrected chi connectivity index (χ4v) is 2.12. The topological polar surface area (TPSA) is 41.5 Å². The van der Waals surface area contributed by atoms with Crippen molar-refractivity contribution in [3.63, 3.8) is 0 Å². The molecule has 0 radical (unpaired) electrons. The molecule has 0 spiro atoms. The SMILES string of the molecule is COc1ccc(CNCC(C)CCO)s1. The van der Waals surface area contributed by atoms with Crippen molar-refractivity contribution in [2.45, 2.75) is 19.9 Å². The van der Waals surface area contributed by atoms with Crippen LogP contribution >= 0.6 is 11.3 Å². The Kier molecular flexibility index (Phi) is 5.68. The van der Waals surface area contributed by atoms with E-state index in [0.717, 1.165) is 24.6 Å². The van der Waals surface area contributed by atoms with Gasteiger partial charge in [-0.25, -0.2) is 0 Å². The van der Waals surface area contributed by atoms with E-state index in [1.807, 2.05) is 6.07 Å². The number of hydrogen-bond acceptors (Lipinski definition) is 4. The van der Waals surface area contributed by atoms with Gasteiger partial charge in [0.25, 0.3) is 0 Å². The Morgan fingerprint density at radius 3 is 2.93 bits per heavy atom. The summed E-state index contributed by atoms with van der Waals surface area (Å²) in [7, 11) is 1.69. The number of aliphatic hydroxyl groups is 1. The quantitative estimate of drug-likeness (QED) is 0.750. The van der Waals surface area contributed by atoms with Gasteiger partial charge in [-0.05, 0) is 31.0 Å². The molecule has 1 unspecified atom stereocenters. The summed E-state index contributed by atoms with van der Waals surface area (Å²) in [6.07, 6.45) is 0.862. The molecule has 2 N–H and O–H groups in total. The Hall–Kier alpha value is -0.580. The van der Waals surface area contributed by atoms with Gasteiger partial charge in [0.2, 0.25) is 0 Å². The molecule has 0 saturated carbocycles.